The molecule has 0 unspecified atom stereocenters. The van der Waals surface area contributed by atoms with Crippen LogP contribution in [0, 0.1) is 17.0 Å². The molecule has 1 amide bonds. The maximum Gasteiger partial charge on any atom is 0.433 e. The van der Waals surface area contributed by atoms with Gasteiger partial charge in [-0.15, -0.1) is 11.3 Å². The van der Waals surface area contributed by atoms with Crippen molar-refractivity contribution in [1.82, 2.24) is 4.98 Å². The highest BCUT2D eigenvalue weighted by molar-refractivity contribution is 7.15. The number of furan rings is 1. The van der Waals surface area contributed by atoms with E-state index in [0.29, 0.717) is 5.13 Å². The van der Waals surface area contributed by atoms with Crippen LogP contribution in [-0.2, 0) is 0 Å². The van der Waals surface area contributed by atoms with Crippen molar-refractivity contribution in [3.63, 3.8) is 0 Å². The summed E-state index contributed by atoms with van der Waals surface area (Å²) in [5.41, 5.74) is 0. The van der Waals surface area contributed by atoms with Gasteiger partial charge in [0, 0.05) is 11.1 Å². The lowest BCUT2D eigenvalue weighted by Crippen LogP contribution is -2.10. The normalized spacial score (nSPS) is 10.2. The maximum absolute atomic E-state index is 11.6. The van der Waals surface area contributed by atoms with Crippen LogP contribution in [0.15, 0.2) is 22.7 Å². The van der Waals surface area contributed by atoms with E-state index in [0.717, 1.165) is 10.9 Å². The van der Waals surface area contributed by atoms with E-state index in [1.807, 2.05) is 6.92 Å². The number of thiazole rings is 1. The first-order chi connectivity index (χ1) is 8.06. The largest absolute Gasteiger partial charge is 0.433 e. The first kappa shape index (κ1) is 11.3. The Labute approximate surface area is 99.2 Å². The number of aromatic nitrogens is 1. The fraction of sp³-hybridized carbons (Fsp3) is 0.111. The summed E-state index contributed by atoms with van der Waals surface area (Å²) in [6.45, 7) is 1.85. The van der Waals surface area contributed by atoms with Crippen LogP contribution < -0.4 is 5.32 Å². The van der Waals surface area contributed by atoms with Crippen molar-refractivity contribution in [3.05, 3.63) is 39.1 Å². The van der Waals surface area contributed by atoms with Crippen molar-refractivity contribution in [2.75, 3.05) is 5.32 Å². The average molecular weight is 253 g/mol. The standard InChI is InChI=1S/C9H7N3O4S/c1-5-4-10-9(17-5)11-8(13)6-2-3-7(16-6)12(14)15/h2-4H,1H3,(H,10,11,13). The van der Waals surface area contributed by atoms with Crippen LogP contribution in [0.25, 0.3) is 0 Å². The summed E-state index contributed by atoms with van der Waals surface area (Å²) in [5, 5.41) is 13.3. The Kier molecular flexibility index (Phi) is 2.88. The number of carbonyl (C=O) groups is 1. The minimum Gasteiger partial charge on any atom is -0.395 e. The molecule has 0 saturated heterocycles. The van der Waals surface area contributed by atoms with Gasteiger partial charge in [0.1, 0.15) is 4.92 Å². The summed E-state index contributed by atoms with van der Waals surface area (Å²) in [5.74, 6) is -1.15. The number of aryl methyl sites for hydroxylation is 1. The molecular weight excluding hydrogens is 246 g/mol. The molecular formula is C9H7N3O4S. The van der Waals surface area contributed by atoms with E-state index in [9.17, 15) is 14.9 Å². The van der Waals surface area contributed by atoms with Crippen LogP contribution in [0.5, 0.6) is 0 Å². The molecule has 2 aromatic heterocycles. The quantitative estimate of drug-likeness (QED) is 0.667. The SMILES string of the molecule is Cc1cnc(NC(=O)c2ccc([N+](=O)[O-])o2)s1. The van der Waals surface area contributed by atoms with Crippen LogP contribution >= 0.6 is 11.3 Å². The maximum atomic E-state index is 11.6. The molecule has 1 N–H and O–H groups in total. The van der Waals surface area contributed by atoms with Gasteiger partial charge in [-0.1, -0.05) is 0 Å². The van der Waals surface area contributed by atoms with Crippen molar-refractivity contribution >= 4 is 28.3 Å². The van der Waals surface area contributed by atoms with Gasteiger partial charge in [0.05, 0.1) is 6.07 Å². The fourth-order valence-electron chi connectivity index (χ4n) is 1.12. The Morgan fingerprint density at radius 1 is 1.59 bits per heavy atom. The van der Waals surface area contributed by atoms with Gasteiger partial charge < -0.3 is 4.42 Å². The third kappa shape index (κ3) is 2.48. The number of hydrogen-bond donors (Lipinski definition) is 1. The molecule has 0 saturated carbocycles. The van der Waals surface area contributed by atoms with Gasteiger partial charge in [0.25, 0.3) is 5.91 Å². The first-order valence-corrected chi connectivity index (χ1v) is 5.36. The Hall–Kier alpha value is -2.22. The van der Waals surface area contributed by atoms with E-state index >= 15 is 0 Å². The molecule has 7 nitrogen and oxygen atoms in total. The second-order valence-electron chi connectivity index (χ2n) is 3.13. The summed E-state index contributed by atoms with van der Waals surface area (Å²) in [4.78, 5) is 26.1. The molecule has 88 valence electrons. The third-order valence-corrected chi connectivity index (χ3v) is 2.67. The lowest BCUT2D eigenvalue weighted by molar-refractivity contribution is -0.402. The van der Waals surface area contributed by atoms with Crippen molar-refractivity contribution in [1.29, 1.82) is 0 Å². The number of hydrogen-bond acceptors (Lipinski definition) is 6. The molecule has 2 aromatic rings. The second kappa shape index (κ2) is 4.34. The topological polar surface area (TPSA) is 98.3 Å². The average Bonchev–Trinajstić information content (AvgIpc) is 2.86. The Bertz CT molecular complexity index is 574. The molecule has 0 radical (unpaired) electrons. The molecule has 0 bridgehead atoms. The van der Waals surface area contributed by atoms with Gasteiger partial charge in [-0.3, -0.25) is 20.2 Å². The number of amides is 1. The summed E-state index contributed by atoms with van der Waals surface area (Å²) >= 11 is 1.31. The van der Waals surface area contributed by atoms with E-state index in [-0.39, 0.29) is 5.76 Å². The molecule has 0 aliphatic heterocycles. The monoisotopic (exact) mass is 253 g/mol. The van der Waals surface area contributed by atoms with E-state index in [2.05, 4.69) is 10.3 Å². The highest BCUT2D eigenvalue weighted by Gasteiger charge is 2.17. The number of rotatable bonds is 3. The Morgan fingerprint density at radius 3 is 2.88 bits per heavy atom. The van der Waals surface area contributed by atoms with Crippen molar-refractivity contribution < 1.29 is 14.1 Å². The number of nitrogens with zero attached hydrogens (tertiary/aromatic N) is 2. The lowest BCUT2D eigenvalue weighted by Gasteiger charge is -1.96. The van der Waals surface area contributed by atoms with E-state index < -0.39 is 16.7 Å². The first-order valence-electron chi connectivity index (χ1n) is 4.54. The highest BCUT2D eigenvalue weighted by Crippen LogP contribution is 2.20. The summed E-state index contributed by atoms with van der Waals surface area (Å²) in [6.07, 6.45) is 1.62. The molecule has 0 atom stereocenters. The van der Waals surface area contributed by atoms with Crippen molar-refractivity contribution in [2.45, 2.75) is 6.92 Å². The molecule has 2 heterocycles. The number of carbonyl (C=O) groups excluding carboxylic acids is 1. The number of nitrogens with one attached hydrogen (secondary N) is 1. The number of nitro groups is 1. The molecule has 8 heteroatoms. The highest BCUT2D eigenvalue weighted by atomic mass is 32.1. The summed E-state index contributed by atoms with van der Waals surface area (Å²) < 4.78 is 4.75. The minimum atomic E-state index is -0.704. The molecule has 2 rings (SSSR count). The molecule has 0 aliphatic carbocycles. The van der Waals surface area contributed by atoms with E-state index in [4.69, 9.17) is 4.42 Å². The fourth-order valence-corrected chi connectivity index (χ4v) is 1.78. The van der Waals surface area contributed by atoms with Crippen LogP contribution in [0.2, 0.25) is 0 Å². The van der Waals surface area contributed by atoms with E-state index in [1.165, 1.54) is 17.4 Å². The van der Waals surface area contributed by atoms with Gasteiger partial charge in [-0.05, 0) is 13.0 Å². The van der Waals surface area contributed by atoms with Crippen LogP contribution in [0.4, 0.5) is 11.0 Å². The smallest absolute Gasteiger partial charge is 0.395 e. The van der Waals surface area contributed by atoms with Gasteiger partial charge in [0.15, 0.2) is 10.9 Å². The third-order valence-electron chi connectivity index (χ3n) is 1.84. The zero-order valence-corrected chi connectivity index (χ0v) is 9.48. The Morgan fingerprint density at radius 2 is 2.35 bits per heavy atom. The molecule has 0 aromatic carbocycles. The minimum absolute atomic E-state index is 0.121. The molecule has 0 spiro atoms. The zero-order chi connectivity index (χ0) is 12.4. The van der Waals surface area contributed by atoms with Crippen molar-refractivity contribution in [3.8, 4) is 0 Å². The molecule has 0 fully saturated rings. The van der Waals surface area contributed by atoms with Crippen LogP contribution in [0.1, 0.15) is 15.4 Å². The number of anilines is 1. The van der Waals surface area contributed by atoms with Gasteiger partial charge in [-0.2, -0.15) is 0 Å². The molecule has 0 aliphatic rings. The summed E-state index contributed by atoms with van der Waals surface area (Å²) in [6, 6.07) is 2.37. The Balaban J connectivity index is 2.11. The second-order valence-corrected chi connectivity index (χ2v) is 4.36. The summed E-state index contributed by atoms with van der Waals surface area (Å²) in [7, 11) is 0. The predicted octanol–water partition coefficient (Wildman–Crippen LogP) is 2.21. The predicted molar refractivity (Wildman–Crippen MR) is 60.2 cm³/mol. The van der Waals surface area contributed by atoms with Crippen LogP contribution in [0.3, 0.4) is 0 Å². The zero-order valence-electron chi connectivity index (χ0n) is 8.67. The van der Waals surface area contributed by atoms with Crippen LogP contribution in [-0.4, -0.2) is 15.8 Å². The van der Waals surface area contributed by atoms with Gasteiger partial charge in [-0.25, -0.2) is 4.98 Å². The van der Waals surface area contributed by atoms with Crippen molar-refractivity contribution in [2.24, 2.45) is 0 Å². The van der Waals surface area contributed by atoms with E-state index in [1.54, 1.807) is 6.20 Å². The lowest BCUT2D eigenvalue weighted by atomic mass is 10.4. The van der Waals surface area contributed by atoms with Gasteiger partial charge in [0.2, 0.25) is 0 Å². The van der Waals surface area contributed by atoms with Gasteiger partial charge >= 0.3 is 5.88 Å². The molecule has 17 heavy (non-hydrogen) atoms.